The minimum atomic E-state index is -0.270. The first-order valence-corrected chi connectivity index (χ1v) is 6.89. The zero-order valence-electron chi connectivity index (χ0n) is 11.8. The Kier molecular flexibility index (Phi) is 5.21. The van der Waals surface area contributed by atoms with Gasteiger partial charge >= 0.3 is 0 Å². The van der Waals surface area contributed by atoms with E-state index in [9.17, 15) is 0 Å². The standard InChI is InChI=1S/C17H10ClN5/c18-13-5-7-14(8-6-13)22-15-3-1-2-4-16(15)23-17(11-21)12(9-19)10-20/h1-8,22-23H. The first-order chi connectivity index (χ1) is 11.2. The SMILES string of the molecule is N#CC(C#N)=C(C#N)Nc1ccccc1Nc1ccc(Cl)cc1. The van der Waals surface area contributed by atoms with Crippen molar-refractivity contribution in [2.24, 2.45) is 0 Å². The first-order valence-electron chi connectivity index (χ1n) is 6.51. The molecule has 0 fully saturated rings. The highest BCUT2D eigenvalue weighted by molar-refractivity contribution is 6.30. The Morgan fingerprint density at radius 2 is 1.43 bits per heavy atom. The minimum Gasteiger partial charge on any atom is -0.354 e. The largest absolute Gasteiger partial charge is 0.354 e. The van der Waals surface area contributed by atoms with Crippen LogP contribution in [0.4, 0.5) is 17.1 Å². The maximum atomic E-state index is 9.12. The number of benzene rings is 2. The molecule has 6 heteroatoms. The van der Waals surface area contributed by atoms with Gasteiger partial charge in [0.1, 0.15) is 23.9 Å². The van der Waals surface area contributed by atoms with Gasteiger partial charge in [-0.1, -0.05) is 23.7 Å². The van der Waals surface area contributed by atoms with Crippen LogP contribution in [0.2, 0.25) is 5.02 Å². The second-order valence-electron chi connectivity index (χ2n) is 4.39. The summed E-state index contributed by atoms with van der Waals surface area (Å²) in [5, 5.41) is 33.5. The number of nitrogens with one attached hydrogen (secondary N) is 2. The summed E-state index contributed by atoms with van der Waals surface area (Å²) in [7, 11) is 0. The van der Waals surface area contributed by atoms with E-state index >= 15 is 0 Å². The molecule has 2 aromatic carbocycles. The van der Waals surface area contributed by atoms with Crippen LogP contribution in [0.25, 0.3) is 0 Å². The van der Waals surface area contributed by atoms with Crippen LogP contribution in [0.15, 0.2) is 59.8 Å². The van der Waals surface area contributed by atoms with Gasteiger partial charge in [-0.2, -0.15) is 15.8 Å². The smallest absolute Gasteiger partial charge is 0.163 e. The fourth-order valence-electron chi connectivity index (χ4n) is 1.81. The zero-order valence-corrected chi connectivity index (χ0v) is 12.6. The van der Waals surface area contributed by atoms with Gasteiger partial charge in [0.2, 0.25) is 0 Å². The number of nitriles is 3. The molecule has 0 saturated heterocycles. The Morgan fingerprint density at radius 1 is 0.826 bits per heavy atom. The average Bonchev–Trinajstić information content (AvgIpc) is 2.58. The highest BCUT2D eigenvalue weighted by Gasteiger charge is 2.09. The van der Waals surface area contributed by atoms with Crippen LogP contribution in [0, 0.1) is 34.0 Å². The van der Waals surface area contributed by atoms with Gasteiger partial charge in [0.15, 0.2) is 5.57 Å². The molecule has 0 atom stereocenters. The summed E-state index contributed by atoms with van der Waals surface area (Å²) >= 11 is 5.86. The normalized spacial score (nSPS) is 8.96. The van der Waals surface area contributed by atoms with E-state index in [4.69, 9.17) is 27.4 Å². The lowest BCUT2D eigenvalue weighted by atomic mass is 10.2. The topological polar surface area (TPSA) is 95.4 Å². The molecule has 0 aliphatic heterocycles. The molecule has 5 nitrogen and oxygen atoms in total. The van der Waals surface area contributed by atoms with Gasteiger partial charge in [0.05, 0.1) is 11.4 Å². The summed E-state index contributed by atoms with van der Waals surface area (Å²) in [5.74, 6) is 0. The number of allylic oxidation sites excluding steroid dienone is 2. The maximum absolute atomic E-state index is 9.12. The van der Waals surface area contributed by atoms with Crippen LogP contribution in [0.3, 0.4) is 0 Å². The van der Waals surface area contributed by atoms with Gasteiger partial charge in [0, 0.05) is 10.7 Å². The van der Waals surface area contributed by atoms with Crippen molar-refractivity contribution in [1.29, 1.82) is 15.8 Å². The van der Waals surface area contributed by atoms with Crippen molar-refractivity contribution in [2.45, 2.75) is 0 Å². The fraction of sp³-hybridized carbons (Fsp3) is 0. The number of nitrogens with zero attached hydrogens (tertiary/aromatic N) is 3. The minimum absolute atomic E-state index is 0.0969. The van der Waals surface area contributed by atoms with Gasteiger partial charge in [-0.15, -0.1) is 0 Å². The van der Waals surface area contributed by atoms with Crippen molar-refractivity contribution < 1.29 is 0 Å². The lowest BCUT2D eigenvalue weighted by Crippen LogP contribution is -2.03. The van der Waals surface area contributed by atoms with Gasteiger partial charge in [-0.05, 0) is 36.4 Å². The van der Waals surface area contributed by atoms with E-state index in [0.717, 1.165) is 5.69 Å². The molecular formula is C17H10ClN5. The van der Waals surface area contributed by atoms with E-state index < -0.39 is 0 Å². The Morgan fingerprint density at radius 3 is 2.00 bits per heavy atom. The Bertz CT molecular complexity index is 848. The highest BCUT2D eigenvalue weighted by Crippen LogP contribution is 2.27. The molecule has 0 unspecified atom stereocenters. The van der Waals surface area contributed by atoms with Crippen LogP contribution in [0.1, 0.15) is 0 Å². The van der Waals surface area contributed by atoms with Crippen LogP contribution in [-0.4, -0.2) is 0 Å². The van der Waals surface area contributed by atoms with E-state index in [-0.39, 0.29) is 11.3 Å². The molecule has 0 saturated carbocycles. The van der Waals surface area contributed by atoms with Gasteiger partial charge in [-0.25, -0.2) is 0 Å². The van der Waals surface area contributed by atoms with E-state index in [2.05, 4.69) is 10.6 Å². The number of para-hydroxylation sites is 2. The predicted octanol–water partition coefficient (Wildman–Crippen LogP) is 4.32. The molecule has 0 radical (unpaired) electrons. The summed E-state index contributed by atoms with van der Waals surface area (Å²) < 4.78 is 0. The quantitative estimate of drug-likeness (QED) is 0.818. The summed E-state index contributed by atoms with van der Waals surface area (Å²) in [6, 6.07) is 19.5. The fourth-order valence-corrected chi connectivity index (χ4v) is 1.93. The molecule has 2 aromatic rings. The van der Waals surface area contributed by atoms with Gasteiger partial charge in [0.25, 0.3) is 0 Å². The Labute approximate surface area is 138 Å². The van der Waals surface area contributed by atoms with Crippen molar-refractivity contribution in [1.82, 2.24) is 0 Å². The Hall–Kier alpha value is -3.46. The second kappa shape index (κ2) is 7.52. The van der Waals surface area contributed by atoms with Crippen molar-refractivity contribution in [3.05, 3.63) is 64.8 Å². The van der Waals surface area contributed by atoms with E-state index in [1.54, 1.807) is 36.4 Å². The van der Waals surface area contributed by atoms with Crippen molar-refractivity contribution >= 4 is 28.7 Å². The maximum Gasteiger partial charge on any atom is 0.163 e. The molecule has 0 aliphatic rings. The van der Waals surface area contributed by atoms with Crippen LogP contribution >= 0.6 is 11.6 Å². The number of hydrogen-bond donors (Lipinski definition) is 2. The van der Waals surface area contributed by atoms with Crippen LogP contribution < -0.4 is 10.6 Å². The van der Waals surface area contributed by atoms with Crippen LogP contribution in [0.5, 0.6) is 0 Å². The average molecular weight is 320 g/mol. The van der Waals surface area contributed by atoms with Gasteiger partial charge < -0.3 is 10.6 Å². The van der Waals surface area contributed by atoms with Crippen molar-refractivity contribution in [2.75, 3.05) is 10.6 Å². The van der Waals surface area contributed by atoms with Crippen molar-refractivity contribution in [3.63, 3.8) is 0 Å². The van der Waals surface area contributed by atoms with Gasteiger partial charge in [-0.3, -0.25) is 0 Å². The summed E-state index contributed by atoms with van der Waals surface area (Å²) in [5.41, 5.74) is 1.71. The molecule has 0 bridgehead atoms. The monoisotopic (exact) mass is 319 g/mol. The third-order valence-electron chi connectivity index (χ3n) is 2.90. The highest BCUT2D eigenvalue weighted by atomic mass is 35.5. The molecule has 2 rings (SSSR count). The molecule has 110 valence electrons. The predicted molar refractivity (Wildman–Crippen MR) is 88.7 cm³/mol. The van der Waals surface area contributed by atoms with Crippen LogP contribution in [-0.2, 0) is 0 Å². The van der Waals surface area contributed by atoms with E-state index in [1.165, 1.54) is 0 Å². The third kappa shape index (κ3) is 4.02. The number of halogens is 1. The molecular weight excluding hydrogens is 310 g/mol. The lowest BCUT2D eigenvalue weighted by Gasteiger charge is -2.13. The zero-order chi connectivity index (χ0) is 16.7. The molecule has 0 aliphatic carbocycles. The second-order valence-corrected chi connectivity index (χ2v) is 4.82. The number of rotatable bonds is 4. The molecule has 0 amide bonds. The Balaban J connectivity index is 2.33. The molecule has 2 N–H and O–H groups in total. The lowest BCUT2D eigenvalue weighted by molar-refractivity contribution is 1.37. The van der Waals surface area contributed by atoms with E-state index in [1.807, 2.05) is 30.3 Å². The summed E-state index contributed by atoms with van der Waals surface area (Å²) in [6.45, 7) is 0. The third-order valence-corrected chi connectivity index (χ3v) is 3.15. The van der Waals surface area contributed by atoms with E-state index in [0.29, 0.717) is 16.4 Å². The van der Waals surface area contributed by atoms with Crippen molar-refractivity contribution in [3.8, 4) is 18.2 Å². The first kappa shape index (κ1) is 15.9. The number of hydrogen-bond acceptors (Lipinski definition) is 5. The number of anilines is 3. The summed E-state index contributed by atoms with van der Waals surface area (Å²) in [6.07, 6.45) is 0. The molecule has 0 spiro atoms. The molecule has 0 heterocycles. The molecule has 0 aromatic heterocycles. The summed E-state index contributed by atoms with van der Waals surface area (Å²) in [4.78, 5) is 0. The molecule has 23 heavy (non-hydrogen) atoms.